The van der Waals surface area contributed by atoms with Gasteiger partial charge in [-0.2, -0.15) is 0 Å². The van der Waals surface area contributed by atoms with Crippen LogP contribution in [0.2, 0.25) is 0 Å². The first kappa shape index (κ1) is 28.1. The minimum atomic E-state index is 0.306. The lowest BCUT2D eigenvalue weighted by atomic mass is 9.91. The Morgan fingerprint density at radius 2 is 0.958 bits per heavy atom. The number of allylic oxidation sites excluding steroid dienone is 2. The van der Waals surface area contributed by atoms with E-state index in [1.54, 1.807) is 0 Å². The van der Waals surface area contributed by atoms with Crippen molar-refractivity contribution < 1.29 is 0 Å². The highest BCUT2D eigenvalue weighted by atomic mass is 15.2. The molecule has 228 valence electrons. The molecule has 2 aliphatic rings. The molecule has 2 unspecified atom stereocenters. The van der Waals surface area contributed by atoms with Crippen molar-refractivity contribution in [3.63, 3.8) is 0 Å². The van der Waals surface area contributed by atoms with E-state index >= 15 is 0 Å². The highest BCUT2D eigenvalue weighted by Gasteiger charge is 2.36. The van der Waals surface area contributed by atoms with Crippen molar-refractivity contribution in [1.82, 2.24) is 0 Å². The fourth-order valence-corrected chi connectivity index (χ4v) is 7.40. The van der Waals surface area contributed by atoms with Gasteiger partial charge in [0.15, 0.2) is 0 Å². The monoisotopic (exact) mass is 614 g/mol. The van der Waals surface area contributed by atoms with Crippen molar-refractivity contribution in [2.75, 3.05) is 9.80 Å². The molecule has 48 heavy (non-hydrogen) atoms. The van der Waals surface area contributed by atoms with Gasteiger partial charge in [0.25, 0.3) is 0 Å². The lowest BCUT2D eigenvalue weighted by Gasteiger charge is -2.29. The molecule has 0 fully saturated rings. The molecule has 2 heteroatoms. The minimum absolute atomic E-state index is 0.306. The van der Waals surface area contributed by atoms with E-state index in [-0.39, 0.29) is 0 Å². The molecule has 0 saturated heterocycles. The molecular weight excluding hydrogens is 581 g/mol. The Bertz CT molecular complexity index is 2280. The molecule has 2 atom stereocenters. The van der Waals surface area contributed by atoms with E-state index in [2.05, 4.69) is 204 Å². The molecule has 0 spiro atoms. The van der Waals surface area contributed by atoms with Gasteiger partial charge in [-0.1, -0.05) is 140 Å². The standard InChI is InChI=1S/C46H34N2/c1-2-10-33(11-3-1)35-18-25-39(26-19-35)47(42-31-24-34-12-4-5-13-38(34)32-42)40-27-20-36(21-28-40)37-22-29-41(30-23-37)48-45-16-8-6-14-43(45)44-15-7-9-17-46(44)48/h1-32,43,45H. The first-order valence-electron chi connectivity index (χ1n) is 16.7. The van der Waals surface area contributed by atoms with E-state index in [0.717, 1.165) is 17.1 Å². The van der Waals surface area contributed by atoms with Crippen LogP contribution in [-0.4, -0.2) is 6.04 Å². The van der Waals surface area contributed by atoms with Crippen LogP contribution in [0.25, 0.3) is 33.0 Å². The topological polar surface area (TPSA) is 6.48 Å². The van der Waals surface area contributed by atoms with Gasteiger partial charge >= 0.3 is 0 Å². The predicted octanol–water partition coefficient (Wildman–Crippen LogP) is 12.4. The van der Waals surface area contributed by atoms with Gasteiger partial charge in [-0.05, 0) is 93.2 Å². The Morgan fingerprint density at radius 3 is 1.67 bits per heavy atom. The van der Waals surface area contributed by atoms with Crippen LogP contribution in [0.15, 0.2) is 194 Å². The highest BCUT2D eigenvalue weighted by Crippen LogP contribution is 2.47. The van der Waals surface area contributed by atoms with E-state index in [0.29, 0.717) is 12.0 Å². The maximum Gasteiger partial charge on any atom is 0.0629 e. The summed E-state index contributed by atoms with van der Waals surface area (Å²) in [5, 5.41) is 2.47. The van der Waals surface area contributed by atoms with E-state index < -0.39 is 0 Å². The van der Waals surface area contributed by atoms with Crippen LogP contribution in [0.1, 0.15) is 11.5 Å². The van der Waals surface area contributed by atoms with Gasteiger partial charge < -0.3 is 9.80 Å². The summed E-state index contributed by atoms with van der Waals surface area (Å²) in [7, 11) is 0. The number of rotatable bonds is 6. The zero-order chi connectivity index (χ0) is 31.9. The normalized spacial score (nSPS) is 16.1. The molecule has 7 aromatic carbocycles. The Morgan fingerprint density at radius 1 is 0.417 bits per heavy atom. The first-order chi connectivity index (χ1) is 23.8. The molecule has 0 bridgehead atoms. The number of benzene rings is 7. The largest absolute Gasteiger partial charge is 0.333 e. The molecule has 7 aromatic rings. The summed E-state index contributed by atoms with van der Waals surface area (Å²) in [5.74, 6) is 0.388. The second-order valence-electron chi connectivity index (χ2n) is 12.6. The third kappa shape index (κ3) is 4.99. The molecule has 0 saturated carbocycles. The SMILES string of the molecule is C1=CC2c3ccccc3N(c3ccc(-c4ccc(N(c5ccc(-c6ccccc6)cc5)c5ccc6ccccc6c5)cc4)cc3)C2C=C1. The smallest absolute Gasteiger partial charge is 0.0629 e. The fourth-order valence-electron chi connectivity index (χ4n) is 7.40. The van der Waals surface area contributed by atoms with Gasteiger partial charge in [-0.3, -0.25) is 0 Å². The molecule has 0 aromatic heterocycles. The molecule has 1 heterocycles. The molecule has 2 nitrogen and oxygen atoms in total. The van der Waals surface area contributed by atoms with Crippen LogP contribution in [-0.2, 0) is 0 Å². The summed E-state index contributed by atoms with van der Waals surface area (Å²) < 4.78 is 0. The second-order valence-corrected chi connectivity index (χ2v) is 12.6. The predicted molar refractivity (Wildman–Crippen MR) is 203 cm³/mol. The summed E-state index contributed by atoms with van der Waals surface area (Å²) in [5.41, 5.74) is 12.1. The van der Waals surface area contributed by atoms with Crippen molar-refractivity contribution in [2.45, 2.75) is 12.0 Å². The highest BCUT2D eigenvalue weighted by molar-refractivity contribution is 5.90. The Kier molecular flexibility index (Phi) is 6.98. The van der Waals surface area contributed by atoms with Crippen molar-refractivity contribution in [3.8, 4) is 22.3 Å². The maximum atomic E-state index is 2.48. The molecule has 1 aliphatic heterocycles. The van der Waals surface area contributed by atoms with E-state index in [1.807, 2.05) is 0 Å². The Balaban J connectivity index is 1.04. The van der Waals surface area contributed by atoms with Crippen molar-refractivity contribution in [3.05, 3.63) is 200 Å². The van der Waals surface area contributed by atoms with Gasteiger partial charge in [0, 0.05) is 34.4 Å². The molecule has 0 N–H and O–H groups in total. The van der Waals surface area contributed by atoms with Crippen molar-refractivity contribution >= 4 is 39.2 Å². The van der Waals surface area contributed by atoms with Gasteiger partial charge in [-0.25, -0.2) is 0 Å². The van der Waals surface area contributed by atoms with Gasteiger partial charge in [0.05, 0.1) is 6.04 Å². The lowest BCUT2D eigenvalue weighted by Crippen LogP contribution is -2.28. The average molecular weight is 615 g/mol. The van der Waals surface area contributed by atoms with Crippen LogP contribution in [0, 0.1) is 0 Å². The zero-order valence-electron chi connectivity index (χ0n) is 26.5. The quantitative estimate of drug-likeness (QED) is 0.184. The van der Waals surface area contributed by atoms with Crippen LogP contribution >= 0.6 is 0 Å². The second kappa shape index (κ2) is 11.9. The van der Waals surface area contributed by atoms with Gasteiger partial charge in [-0.15, -0.1) is 0 Å². The van der Waals surface area contributed by atoms with Crippen LogP contribution < -0.4 is 9.80 Å². The molecular formula is C46H34N2. The number of nitrogens with zero attached hydrogens (tertiary/aromatic N) is 2. The minimum Gasteiger partial charge on any atom is -0.333 e. The molecule has 0 amide bonds. The van der Waals surface area contributed by atoms with Crippen molar-refractivity contribution in [2.24, 2.45) is 0 Å². The van der Waals surface area contributed by atoms with Crippen LogP contribution in [0.5, 0.6) is 0 Å². The van der Waals surface area contributed by atoms with E-state index in [9.17, 15) is 0 Å². The number of fused-ring (bicyclic) bond motifs is 4. The molecule has 9 rings (SSSR count). The summed E-state index contributed by atoms with van der Waals surface area (Å²) in [6, 6.07) is 61.8. The third-order valence-electron chi connectivity index (χ3n) is 9.79. The third-order valence-corrected chi connectivity index (χ3v) is 9.79. The lowest BCUT2D eigenvalue weighted by molar-refractivity contribution is 0.745. The summed E-state index contributed by atoms with van der Waals surface area (Å²) in [6.07, 6.45) is 9.01. The van der Waals surface area contributed by atoms with Crippen LogP contribution in [0.3, 0.4) is 0 Å². The maximum absolute atomic E-state index is 2.48. The summed E-state index contributed by atoms with van der Waals surface area (Å²) in [6.45, 7) is 0. The van der Waals surface area contributed by atoms with Crippen molar-refractivity contribution in [1.29, 1.82) is 0 Å². The van der Waals surface area contributed by atoms with E-state index in [1.165, 1.54) is 50.0 Å². The molecule has 1 aliphatic carbocycles. The Hall–Kier alpha value is -6.12. The number of anilines is 5. The van der Waals surface area contributed by atoms with Gasteiger partial charge in [0.1, 0.15) is 0 Å². The number of hydrogen-bond acceptors (Lipinski definition) is 2. The summed E-state index contributed by atoms with van der Waals surface area (Å²) >= 11 is 0. The Labute approximate surface area is 282 Å². The van der Waals surface area contributed by atoms with E-state index in [4.69, 9.17) is 0 Å². The fraction of sp³-hybridized carbons (Fsp3) is 0.0435. The first-order valence-corrected chi connectivity index (χ1v) is 16.7. The number of para-hydroxylation sites is 1. The average Bonchev–Trinajstić information content (AvgIpc) is 3.50. The van der Waals surface area contributed by atoms with Crippen LogP contribution in [0.4, 0.5) is 28.4 Å². The number of hydrogen-bond donors (Lipinski definition) is 0. The summed E-state index contributed by atoms with van der Waals surface area (Å²) in [4.78, 5) is 4.83. The zero-order valence-corrected chi connectivity index (χ0v) is 26.5. The molecule has 0 radical (unpaired) electrons. The van der Waals surface area contributed by atoms with Gasteiger partial charge in [0.2, 0.25) is 0 Å².